The van der Waals surface area contributed by atoms with Gasteiger partial charge in [-0.3, -0.25) is 9.00 Å². The molecule has 1 aromatic heterocycles. The molecule has 2 rings (SSSR count). The molecule has 0 N–H and O–H groups in total. The maximum Gasteiger partial charge on any atom is 0.254 e. The zero-order valence-electron chi connectivity index (χ0n) is 12.4. The average Bonchev–Trinajstić information content (AvgIpc) is 2.98. The molecule has 2 aromatic rings. The fourth-order valence-corrected chi connectivity index (χ4v) is 2.78. The SMILES string of the molecule is CC(c1ccco1)N(C)C(=O)c1cccc(CS(C)=O)c1. The maximum atomic E-state index is 12.5. The van der Waals surface area contributed by atoms with Crippen molar-refractivity contribution in [2.75, 3.05) is 13.3 Å². The van der Waals surface area contributed by atoms with Gasteiger partial charge >= 0.3 is 0 Å². The quantitative estimate of drug-likeness (QED) is 0.853. The van der Waals surface area contributed by atoms with Crippen LogP contribution in [0.2, 0.25) is 0 Å². The van der Waals surface area contributed by atoms with Gasteiger partial charge in [0.25, 0.3) is 5.91 Å². The van der Waals surface area contributed by atoms with Gasteiger partial charge in [0.1, 0.15) is 5.76 Å². The Kier molecular flexibility index (Phi) is 4.96. The molecule has 0 aliphatic heterocycles. The number of carbonyl (C=O) groups excluding carboxylic acids is 1. The topological polar surface area (TPSA) is 50.5 Å². The number of furan rings is 1. The Morgan fingerprint density at radius 2 is 2.10 bits per heavy atom. The van der Waals surface area contributed by atoms with Gasteiger partial charge in [-0.2, -0.15) is 0 Å². The third kappa shape index (κ3) is 3.82. The van der Waals surface area contributed by atoms with Crippen molar-refractivity contribution in [2.45, 2.75) is 18.7 Å². The minimum atomic E-state index is -0.922. The van der Waals surface area contributed by atoms with Crippen LogP contribution in [0.5, 0.6) is 0 Å². The predicted octanol–water partition coefficient (Wildman–Crippen LogP) is 2.99. The Morgan fingerprint density at radius 1 is 1.33 bits per heavy atom. The Hall–Kier alpha value is -1.88. The summed E-state index contributed by atoms with van der Waals surface area (Å²) >= 11 is 0. The van der Waals surface area contributed by atoms with Gasteiger partial charge in [0, 0.05) is 35.4 Å². The molecule has 5 heteroatoms. The van der Waals surface area contributed by atoms with Crippen LogP contribution in [-0.4, -0.2) is 28.3 Å². The summed E-state index contributed by atoms with van der Waals surface area (Å²) in [7, 11) is 0.828. The van der Waals surface area contributed by atoms with Crippen molar-refractivity contribution in [1.29, 1.82) is 0 Å². The van der Waals surface area contributed by atoms with Crippen LogP contribution in [0, 0.1) is 0 Å². The highest BCUT2D eigenvalue weighted by Gasteiger charge is 2.20. The predicted molar refractivity (Wildman–Crippen MR) is 83.4 cm³/mol. The van der Waals surface area contributed by atoms with E-state index in [2.05, 4.69) is 0 Å². The van der Waals surface area contributed by atoms with Crippen LogP contribution < -0.4 is 0 Å². The second-order valence-electron chi connectivity index (χ2n) is 5.03. The number of hydrogen-bond donors (Lipinski definition) is 0. The van der Waals surface area contributed by atoms with Gasteiger partial charge in [-0.05, 0) is 36.8 Å². The lowest BCUT2D eigenvalue weighted by molar-refractivity contribution is 0.0726. The first-order valence-electron chi connectivity index (χ1n) is 6.68. The molecule has 2 unspecified atom stereocenters. The molecule has 1 heterocycles. The van der Waals surface area contributed by atoms with Crippen LogP contribution in [0.4, 0.5) is 0 Å². The molecule has 1 amide bonds. The summed E-state index contributed by atoms with van der Waals surface area (Å²) in [4.78, 5) is 14.2. The van der Waals surface area contributed by atoms with Crippen LogP contribution >= 0.6 is 0 Å². The molecule has 1 aromatic carbocycles. The lowest BCUT2D eigenvalue weighted by atomic mass is 10.1. The minimum Gasteiger partial charge on any atom is -0.467 e. The molecule has 0 spiro atoms. The number of carbonyl (C=O) groups is 1. The maximum absolute atomic E-state index is 12.5. The molecular formula is C16H19NO3S. The van der Waals surface area contributed by atoms with E-state index in [0.29, 0.717) is 11.3 Å². The highest BCUT2D eigenvalue weighted by Crippen LogP contribution is 2.21. The Labute approximate surface area is 127 Å². The van der Waals surface area contributed by atoms with E-state index in [9.17, 15) is 9.00 Å². The van der Waals surface area contributed by atoms with Crippen molar-refractivity contribution in [1.82, 2.24) is 4.90 Å². The molecular weight excluding hydrogens is 286 g/mol. The molecule has 0 bridgehead atoms. The van der Waals surface area contributed by atoms with E-state index < -0.39 is 10.8 Å². The summed E-state index contributed by atoms with van der Waals surface area (Å²) in [6.45, 7) is 1.92. The summed E-state index contributed by atoms with van der Waals surface area (Å²) in [6.07, 6.45) is 3.25. The molecule has 112 valence electrons. The number of benzene rings is 1. The van der Waals surface area contributed by atoms with Crippen LogP contribution in [0.1, 0.15) is 34.6 Å². The van der Waals surface area contributed by atoms with Crippen LogP contribution in [0.3, 0.4) is 0 Å². The van der Waals surface area contributed by atoms with Crippen LogP contribution in [0.15, 0.2) is 47.1 Å². The van der Waals surface area contributed by atoms with Crippen molar-refractivity contribution >= 4 is 16.7 Å². The standard InChI is InChI=1S/C16H19NO3S/c1-12(15-8-5-9-20-15)17(2)16(18)14-7-4-6-13(10-14)11-21(3)19/h4-10,12H,11H2,1-3H3. The molecule has 4 nitrogen and oxygen atoms in total. The Bertz CT molecular complexity index is 637. The van der Waals surface area contributed by atoms with E-state index in [0.717, 1.165) is 11.3 Å². The number of nitrogens with zero attached hydrogens (tertiary/aromatic N) is 1. The highest BCUT2D eigenvalue weighted by molar-refractivity contribution is 7.83. The van der Waals surface area contributed by atoms with Gasteiger partial charge in [0.2, 0.25) is 0 Å². The molecule has 0 saturated heterocycles. The third-order valence-corrected chi connectivity index (χ3v) is 4.14. The second kappa shape index (κ2) is 6.72. The van der Waals surface area contributed by atoms with Gasteiger partial charge in [0.05, 0.1) is 12.3 Å². The molecule has 0 radical (unpaired) electrons. The van der Waals surface area contributed by atoms with Gasteiger partial charge in [-0.25, -0.2) is 0 Å². The largest absolute Gasteiger partial charge is 0.467 e. The summed E-state index contributed by atoms with van der Waals surface area (Å²) in [5.41, 5.74) is 1.50. The third-order valence-electron chi connectivity index (χ3n) is 3.40. The second-order valence-corrected chi connectivity index (χ2v) is 6.46. The van der Waals surface area contributed by atoms with Gasteiger partial charge in [0.15, 0.2) is 0 Å². The molecule has 0 fully saturated rings. The van der Waals surface area contributed by atoms with E-state index in [-0.39, 0.29) is 11.9 Å². The van der Waals surface area contributed by atoms with Crippen molar-refractivity contribution in [3.8, 4) is 0 Å². The molecule has 0 aliphatic carbocycles. The summed E-state index contributed by atoms with van der Waals surface area (Å²) in [5.74, 6) is 1.12. The van der Waals surface area contributed by atoms with Crippen molar-refractivity contribution in [2.24, 2.45) is 0 Å². The van der Waals surface area contributed by atoms with E-state index in [1.54, 1.807) is 42.7 Å². The number of amides is 1. The van der Waals surface area contributed by atoms with Crippen molar-refractivity contribution < 1.29 is 13.4 Å². The first-order chi connectivity index (χ1) is 9.99. The van der Waals surface area contributed by atoms with Crippen LogP contribution in [0.25, 0.3) is 0 Å². The fraction of sp³-hybridized carbons (Fsp3) is 0.312. The van der Waals surface area contributed by atoms with E-state index in [1.807, 2.05) is 25.1 Å². The summed E-state index contributed by atoms with van der Waals surface area (Å²) < 4.78 is 16.6. The zero-order chi connectivity index (χ0) is 15.4. The normalized spacial score (nSPS) is 13.7. The monoisotopic (exact) mass is 305 g/mol. The Morgan fingerprint density at radius 3 is 2.71 bits per heavy atom. The highest BCUT2D eigenvalue weighted by atomic mass is 32.2. The first kappa shape index (κ1) is 15.5. The molecule has 0 aliphatic rings. The zero-order valence-corrected chi connectivity index (χ0v) is 13.2. The lowest BCUT2D eigenvalue weighted by Crippen LogP contribution is -2.29. The van der Waals surface area contributed by atoms with Gasteiger partial charge in [-0.1, -0.05) is 12.1 Å². The molecule has 21 heavy (non-hydrogen) atoms. The summed E-state index contributed by atoms with van der Waals surface area (Å²) in [5, 5.41) is 0. The summed E-state index contributed by atoms with van der Waals surface area (Å²) in [6, 6.07) is 10.8. The molecule has 0 saturated carbocycles. The molecule has 2 atom stereocenters. The first-order valence-corrected chi connectivity index (χ1v) is 8.41. The van der Waals surface area contributed by atoms with E-state index in [1.165, 1.54) is 0 Å². The lowest BCUT2D eigenvalue weighted by Gasteiger charge is -2.23. The van der Waals surface area contributed by atoms with E-state index >= 15 is 0 Å². The van der Waals surface area contributed by atoms with Gasteiger partial charge in [-0.15, -0.1) is 0 Å². The fourth-order valence-electron chi connectivity index (χ4n) is 2.13. The van der Waals surface area contributed by atoms with Crippen molar-refractivity contribution in [3.63, 3.8) is 0 Å². The Balaban J connectivity index is 2.17. The van der Waals surface area contributed by atoms with Crippen molar-refractivity contribution in [3.05, 3.63) is 59.5 Å². The van der Waals surface area contributed by atoms with E-state index in [4.69, 9.17) is 4.42 Å². The number of hydrogen-bond acceptors (Lipinski definition) is 3. The smallest absolute Gasteiger partial charge is 0.254 e. The minimum absolute atomic E-state index is 0.0809. The van der Waals surface area contributed by atoms with Crippen LogP contribution in [-0.2, 0) is 16.6 Å². The number of rotatable bonds is 5. The average molecular weight is 305 g/mol. The van der Waals surface area contributed by atoms with Gasteiger partial charge < -0.3 is 9.32 Å².